The third-order valence-corrected chi connectivity index (χ3v) is 4.64. The molecule has 6 heteroatoms. The van der Waals surface area contributed by atoms with E-state index in [4.69, 9.17) is 4.52 Å². The minimum atomic E-state index is -0.128. The lowest BCUT2D eigenvalue weighted by molar-refractivity contribution is -0.115. The van der Waals surface area contributed by atoms with E-state index in [1.54, 1.807) is 11.3 Å². The summed E-state index contributed by atoms with van der Waals surface area (Å²) in [5.41, 5.74) is 4.06. The number of thiazole rings is 1. The molecule has 25 heavy (non-hydrogen) atoms. The van der Waals surface area contributed by atoms with Gasteiger partial charge in [-0.1, -0.05) is 29.4 Å². The number of anilines is 1. The molecule has 0 radical (unpaired) electrons. The molecular weight excluding hydrogens is 334 g/mol. The van der Waals surface area contributed by atoms with Crippen LogP contribution in [0.3, 0.4) is 0 Å². The molecule has 0 aliphatic heterocycles. The summed E-state index contributed by atoms with van der Waals surface area (Å²) in [5, 5.41) is 10.8. The first kappa shape index (κ1) is 15.5. The van der Waals surface area contributed by atoms with Gasteiger partial charge in [-0.3, -0.25) is 4.79 Å². The Labute approximate surface area is 148 Å². The number of hydrogen-bond donors (Lipinski definition) is 1. The standard InChI is InChI=1S/C19H15N3O2S/c1-12-20-17(11-25-12)13-6-8-14(9-7-13)21-19(23)10-16-15-4-2-3-5-18(15)24-22-16/h2-9,11H,10H2,1H3,(H,21,23). The summed E-state index contributed by atoms with van der Waals surface area (Å²) in [6.07, 6.45) is 0.171. The summed E-state index contributed by atoms with van der Waals surface area (Å²) in [6, 6.07) is 15.2. The molecule has 0 spiro atoms. The lowest BCUT2D eigenvalue weighted by atomic mass is 10.1. The van der Waals surface area contributed by atoms with Gasteiger partial charge in [-0.05, 0) is 31.2 Å². The molecule has 2 aromatic heterocycles. The van der Waals surface area contributed by atoms with Crippen LogP contribution in [0.2, 0.25) is 0 Å². The molecule has 124 valence electrons. The first-order chi connectivity index (χ1) is 12.2. The van der Waals surface area contributed by atoms with Gasteiger partial charge in [0.05, 0.1) is 17.1 Å². The van der Waals surface area contributed by atoms with E-state index in [2.05, 4.69) is 15.5 Å². The number of carbonyl (C=O) groups is 1. The molecular formula is C19H15N3O2S. The van der Waals surface area contributed by atoms with Crippen LogP contribution in [-0.2, 0) is 11.2 Å². The highest BCUT2D eigenvalue weighted by atomic mass is 32.1. The molecule has 2 aromatic carbocycles. The number of para-hydroxylation sites is 1. The highest BCUT2D eigenvalue weighted by Gasteiger charge is 2.12. The molecule has 0 unspecified atom stereocenters. The van der Waals surface area contributed by atoms with Crippen molar-refractivity contribution in [2.75, 3.05) is 5.32 Å². The number of amides is 1. The van der Waals surface area contributed by atoms with Gasteiger partial charge in [0, 0.05) is 22.0 Å². The molecule has 5 nitrogen and oxygen atoms in total. The van der Waals surface area contributed by atoms with E-state index < -0.39 is 0 Å². The zero-order valence-electron chi connectivity index (χ0n) is 13.5. The van der Waals surface area contributed by atoms with Gasteiger partial charge in [0.1, 0.15) is 5.69 Å². The van der Waals surface area contributed by atoms with Crippen molar-refractivity contribution in [2.24, 2.45) is 0 Å². The molecule has 0 aliphatic rings. The Hall–Kier alpha value is -2.99. The van der Waals surface area contributed by atoms with Crippen LogP contribution < -0.4 is 5.32 Å². The van der Waals surface area contributed by atoms with Crippen LogP contribution in [-0.4, -0.2) is 16.0 Å². The summed E-state index contributed by atoms with van der Waals surface area (Å²) in [6.45, 7) is 1.98. The first-order valence-electron chi connectivity index (χ1n) is 7.85. The van der Waals surface area contributed by atoms with E-state index in [0.717, 1.165) is 27.3 Å². The second-order valence-electron chi connectivity index (χ2n) is 5.68. The third-order valence-electron chi connectivity index (χ3n) is 3.86. The van der Waals surface area contributed by atoms with E-state index in [9.17, 15) is 4.79 Å². The average molecular weight is 349 g/mol. The average Bonchev–Trinajstić information content (AvgIpc) is 3.22. The Balaban J connectivity index is 1.45. The van der Waals surface area contributed by atoms with E-state index in [0.29, 0.717) is 11.3 Å². The second kappa shape index (κ2) is 6.49. The van der Waals surface area contributed by atoms with Gasteiger partial charge in [0.2, 0.25) is 5.91 Å². The zero-order valence-corrected chi connectivity index (χ0v) is 14.3. The van der Waals surface area contributed by atoms with Crippen LogP contribution in [0.25, 0.3) is 22.2 Å². The predicted molar refractivity (Wildman–Crippen MR) is 98.6 cm³/mol. The van der Waals surface area contributed by atoms with Crippen LogP contribution in [0.4, 0.5) is 5.69 Å². The van der Waals surface area contributed by atoms with Crippen LogP contribution in [0.5, 0.6) is 0 Å². The number of hydrogen-bond acceptors (Lipinski definition) is 5. The first-order valence-corrected chi connectivity index (χ1v) is 8.73. The van der Waals surface area contributed by atoms with Crippen molar-refractivity contribution in [1.29, 1.82) is 0 Å². The normalized spacial score (nSPS) is 10.9. The Kier molecular flexibility index (Phi) is 4.03. The number of aryl methyl sites for hydroxylation is 1. The molecule has 2 heterocycles. The lowest BCUT2D eigenvalue weighted by Gasteiger charge is -2.05. The maximum Gasteiger partial charge on any atom is 0.230 e. The van der Waals surface area contributed by atoms with E-state index in [-0.39, 0.29) is 12.3 Å². The van der Waals surface area contributed by atoms with Crippen LogP contribution in [0.15, 0.2) is 58.4 Å². The molecule has 0 atom stereocenters. The summed E-state index contributed by atoms with van der Waals surface area (Å²) in [7, 11) is 0. The Morgan fingerprint density at radius 2 is 1.96 bits per heavy atom. The van der Waals surface area contributed by atoms with Crippen molar-refractivity contribution >= 4 is 33.9 Å². The molecule has 0 saturated heterocycles. The maximum atomic E-state index is 12.3. The lowest BCUT2D eigenvalue weighted by Crippen LogP contribution is -2.14. The summed E-state index contributed by atoms with van der Waals surface area (Å²) in [4.78, 5) is 16.7. The van der Waals surface area contributed by atoms with Gasteiger partial charge >= 0.3 is 0 Å². The topological polar surface area (TPSA) is 68.0 Å². The number of benzene rings is 2. The van der Waals surface area contributed by atoms with Crippen LogP contribution >= 0.6 is 11.3 Å². The van der Waals surface area contributed by atoms with Crippen molar-refractivity contribution < 1.29 is 9.32 Å². The predicted octanol–water partition coefficient (Wildman–Crippen LogP) is 4.44. The van der Waals surface area contributed by atoms with Crippen molar-refractivity contribution in [1.82, 2.24) is 10.1 Å². The third kappa shape index (κ3) is 3.29. The van der Waals surface area contributed by atoms with Gasteiger partial charge in [0.15, 0.2) is 5.58 Å². The van der Waals surface area contributed by atoms with Gasteiger partial charge < -0.3 is 9.84 Å². The monoisotopic (exact) mass is 349 g/mol. The Morgan fingerprint density at radius 3 is 2.72 bits per heavy atom. The number of nitrogens with zero attached hydrogens (tertiary/aromatic N) is 2. The highest BCUT2D eigenvalue weighted by molar-refractivity contribution is 7.09. The van der Waals surface area contributed by atoms with Crippen molar-refractivity contribution in [3.8, 4) is 11.3 Å². The van der Waals surface area contributed by atoms with Crippen molar-refractivity contribution in [2.45, 2.75) is 13.3 Å². The molecule has 4 rings (SSSR count). The second-order valence-corrected chi connectivity index (χ2v) is 6.74. The summed E-state index contributed by atoms with van der Waals surface area (Å²) >= 11 is 1.62. The van der Waals surface area contributed by atoms with Crippen LogP contribution in [0, 0.1) is 6.92 Å². The molecule has 4 aromatic rings. The van der Waals surface area contributed by atoms with E-state index in [1.807, 2.05) is 60.8 Å². The number of carbonyl (C=O) groups excluding carboxylic acids is 1. The Morgan fingerprint density at radius 1 is 1.16 bits per heavy atom. The number of aromatic nitrogens is 2. The maximum absolute atomic E-state index is 12.3. The van der Waals surface area contributed by atoms with Crippen LogP contribution in [0.1, 0.15) is 10.7 Å². The fourth-order valence-electron chi connectivity index (χ4n) is 2.64. The molecule has 0 saturated carbocycles. The largest absolute Gasteiger partial charge is 0.356 e. The smallest absolute Gasteiger partial charge is 0.230 e. The molecule has 0 fully saturated rings. The minimum absolute atomic E-state index is 0.128. The van der Waals surface area contributed by atoms with Crippen molar-refractivity contribution in [3.63, 3.8) is 0 Å². The summed E-state index contributed by atoms with van der Waals surface area (Å²) in [5.74, 6) is -0.128. The van der Waals surface area contributed by atoms with Crippen molar-refractivity contribution in [3.05, 3.63) is 64.6 Å². The molecule has 1 amide bonds. The molecule has 1 N–H and O–H groups in total. The Bertz CT molecular complexity index is 1030. The fraction of sp³-hybridized carbons (Fsp3) is 0.105. The zero-order chi connectivity index (χ0) is 17.2. The van der Waals surface area contributed by atoms with Gasteiger partial charge in [0.25, 0.3) is 0 Å². The summed E-state index contributed by atoms with van der Waals surface area (Å²) < 4.78 is 5.23. The molecule has 0 bridgehead atoms. The van der Waals surface area contributed by atoms with Gasteiger partial charge in [-0.2, -0.15) is 0 Å². The van der Waals surface area contributed by atoms with E-state index in [1.165, 1.54) is 0 Å². The number of rotatable bonds is 4. The number of nitrogens with one attached hydrogen (secondary N) is 1. The van der Waals surface area contributed by atoms with Gasteiger partial charge in [-0.25, -0.2) is 4.98 Å². The fourth-order valence-corrected chi connectivity index (χ4v) is 3.27. The molecule has 0 aliphatic carbocycles. The highest BCUT2D eigenvalue weighted by Crippen LogP contribution is 2.23. The van der Waals surface area contributed by atoms with Gasteiger partial charge in [-0.15, -0.1) is 11.3 Å². The van der Waals surface area contributed by atoms with E-state index >= 15 is 0 Å². The SMILES string of the molecule is Cc1nc(-c2ccc(NC(=O)Cc3noc4ccccc34)cc2)cs1. The number of fused-ring (bicyclic) bond motifs is 1. The minimum Gasteiger partial charge on any atom is -0.356 e. The quantitative estimate of drug-likeness (QED) is 0.591.